The molecular formula is C14H19N5O6. The summed E-state index contributed by atoms with van der Waals surface area (Å²) < 4.78 is 7.39. The topological polar surface area (TPSA) is 166 Å². The summed E-state index contributed by atoms with van der Waals surface area (Å²) >= 11 is 0. The van der Waals surface area contributed by atoms with E-state index in [1.165, 1.54) is 10.9 Å². The van der Waals surface area contributed by atoms with Gasteiger partial charge >= 0.3 is 0 Å². The van der Waals surface area contributed by atoms with Crippen LogP contribution in [0.1, 0.15) is 24.9 Å². The number of aliphatic hydroxyl groups excluding tert-OH is 3. The van der Waals surface area contributed by atoms with Crippen LogP contribution in [0.15, 0.2) is 11.1 Å². The SMILES string of the molecule is CC(C)C(=O)n1c(N)nc2c(ncn2[C@@H]2O[C@H](CO)[C@@H](O)[C@H]2O)c1=O. The van der Waals surface area contributed by atoms with E-state index in [4.69, 9.17) is 10.5 Å². The monoisotopic (exact) mass is 353 g/mol. The van der Waals surface area contributed by atoms with Crippen LogP contribution in [0, 0.1) is 5.92 Å². The lowest BCUT2D eigenvalue weighted by atomic mass is 10.1. The van der Waals surface area contributed by atoms with Gasteiger partial charge in [0.15, 0.2) is 17.4 Å². The summed E-state index contributed by atoms with van der Waals surface area (Å²) in [7, 11) is 0. The molecule has 5 N–H and O–H groups in total. The highest BCUT2D eigenvalue weighted by Crippen LogP contribution is 2.30. The number of carbonyl (C=O) groups excluding carboxylic acids is 1. The van der Waals surface area contributed by atoms with Crippen molar-refractivity contribution in [1.29, 1.82) is 0 Å². The number of aromatic nitrogens is 4. The van der Waals surface area contributed by atoms with Crippen molar-refractivity contribution in [1.82, 2.24) is 19.1 Å². The van der Waals surface area contributed by atoms with E-state index in [9.17, 15) is 24.9 Å². The summed E-state index contributed by atoms with van der Waals surface area (Å²) in [4.78, 5) is 32.7. The Morgan fingerprint density at radius 2 is 2.08 bits per heavy atom. The smallest absolute Gasteiger partial charge is 0.289 e. The Labute approximate surface area is 141 Å². The summed E-state index contributed by atoms with van der Waals surface area (Å²) in [6.45, 7) is 2.75. The molecule has 4 atom stereocenters. The van der Waals surface area contributed by atoms with Gasteiger partial charge < -0.3 is 25.8 Å². The molecule has 3 rings (SSSR count). The first-order valence-corrected chi connectivity index (χ1v) is 7.69. The van der Waals surface area contributed by atoms with Gasteiger partial charge in [0.05, 0.1) is 12.9 Å². The molecule has 1 saturated heterocycles. The summed E-state index contributed by atoms with van der Waals surface area (Å²) in [5.74, 6) is -1.30. The van der Waals surface area contributed by atoms with Crippen LogP contribution in [-0.2, 0) is 4.74 Å². The minimum atomic E-state index is -1.36. The number of nitrogens with zero attached hydrogens (tertiary/aromatic N) is 4. The lowest BCUT2D eigenvalue weighted by Gasteiger charge is -2.17. The van der Waals surface area contributed by atoms with Crippen LogP contribution in [0.3, 0.4) is 0 Å². The number of carbonyl (C=O) groups is 1. The second-order valence-corrected chi connectivity index (χ2v) is 6.16. The van der Waals surface area contributed by atoms with Crippen LogP contribution in [0.5, 0.6) is 0 Å². The van der Waals surface area contributed by atoms with Crippen LogP contribution in [-0.4, -0.2) is 65.2 Å². The molecular weight excluding hydrogens is 334 g/mol. The first kappa shape index (κ1) is 17.5. The van der Waals surface area contributed by atoms with Crippen LogP contribution in [0.25, 0.3) is 11.2 Å². The number of rotatable bonds is 3. The summed E-state index contributed by atoms with van der Waals surface area (Å²) in [5.41, 5.74) is 4.92. The van der Waals surface area contributed by atoms with Gasteiger partial charge in [-0.15, -0.1) is 0 Å². The fraction of sp³-hybridized carbons (Fsp3) is 0.571. The van der Waals surface area contributed by atoms with E-state index < -0.39 is 48.5 Å². The van der Waals surface area contributed by atoms with E-state index in [-0.39, 0.29) is 17.1 Å². The van der Waals surface area contributed by atoms with Gasteiger partial charge in [-0.2, -0.15) is 4.98 Å². The Balaban J connectivity index is 2.12. The molecule has 11 nitrogen and oxygen atoms in total. The third kappa shape index (κ3) is 2.61. The molecule has 0 spiro atoms. The number of hydrogen-bond acceptors (Lipinski definition) is 9. The van der Waals surface area contributed by atoms with Crippen molar-refractivity contribution in [2.24, 2.45) is 5.92 Å². The predicted octanol–water partition coefficient (Wildman–Crippen LogP) is -1.92. The number of anilines is 1. The van der Waals surface area contributed by atoms with Crippen molar-refractivity contribution in [2.75, 3.05) is 12.3 Å². The van der Waals surface area contributed by atoms with E-state index in [0.29, 0.717) is 0 Å². The zero-order chi connectivity index (χ0) is 18.5. The van der Waals surface area contributed by atoms with Gasteiger partial charge in [-0.3, -0.25) is 14.2 Å². The molecule has 0 aliphatic carbocycles. The van der Waals surface area contributed by atoms with E-state index in [1.807, 2.05) is 0 Å². The number of nitrogen functional groups attached to an aromatic ring is 1. The molecule has 136 valence electrons. The fourth-order valence-corrected chi connectivity index (χ4v) is 2.75. The molecule has 0 unspecified atom stereocenters. The average molecular weight is 353 g/mol. The predicted molar refractivity (Wildman–Crippen MR) is 84.7 cm³/mol. The van der Waals surface area contributed by atoms with E-state index in [2.05, 4.69) is 9.97 Å². The molecule has 1 aliphatic rings. The highest BCUT2D eigenvalue weighted by atomic mass is 16.6. The highest BCUT2D eigenvalue weighted by Gasteiger charge is 2.44. The molecule has 0 bridgehead atoms. The number of ether oxygens (including phenoxy) is 1. The summed E-state index contributed by atoms with van der Waals surface area (Å²) in [6, 6.07) is 0. The minimum absolute atomic E-state index is 0.00476. The molecule has 2 aromatic heterocycles. The van der Waals surface area contributed by atoms with Crippen LogP contribution >= 0.6 is 0 Å². The van der Waals surface area contributed by atoms with Crippen LogP contribution in [0.4, 0.5) is 5.95 Å². The van der Waals surface area contributed by atoms with Crippen molar-refractivity contribution in [3.63, 3.8) is 0 Å². The first-order chi connectivity index (χ1) is 11.8. The molecule has 11 heteroatoms. The zero-order valence-electron chi connectivity index (χ0n) is 13.6. The van der Waals surface area contributed by atoms with Gasteiger partial charge in [0, 0.05) is 5.92 Å². The second-order valence-electron chi connectivity index (χ2n) is 6.16. The molecule has 1 aliphatic heterocycles. The summed E-state index contributed by atoms with van der Waals surface area (Å²) in [5, 5.41) is 29.1. The Kier molecular flexibility index (Phi) is 4.33. The standard InChI is InChI=1S/C14H19N5O6/c1-5(2)11(23)19-12(24)7-10(17-14(19)15)18(4-16-7)13-9(22)8(21)6(3-20)25-13/h4-6,8-9,13,20-22H,3H2,1-2H3,(H2,15,17)/t6-,8-,9-,13-/m1/s1. The van der Waals surface area contributed by atoms with Crippen molar-refractivity contribution in [3.05, 3.63) is 16.7 Å². The second kappa shape index (κ2) is 6.19. The van der Waals surface area contributed by atoms with Crippen molar-refractivity contribution >= 4 is 23.0 Å². The molecule has 3 heterocycles. The van der Waals surface area contributed by atoms with Gasteiger partial charge in [0.25, 0.3) is 5.56 Å². The van der Waals surface area contributed by atoms with E-state index in [1.54, 1.807) is 13.8 Å². The molecule has 2 aromatic rings. The molecule has 0 amide bonds. The third-order valence-electron chi connectivity index (χ3n) is 4.13. The number of fused-ring (bicyclic) bond motifs is 1. The Bertz CT molecular complexity index is 874. The molecule has 0 aromatic carbocycles. The van der Waals surface area contributed by atoms with Crippen molar-refractivity contribution in [2.45, 2.75) is 38.4 Å². The zero-order valence-corrected chi connectivity index (χ0v) is 13.6. The van der Waals surface area contributed by atoms with Crippen LogP contribution in [0.2, 0.25) is 0 Å². The number of hydrogen-bond donors (Lipinski definition) is 4. The normalized spacial score (nSPS) is 26.6. The van der Waals surface area contributed by atoms with Crippen molar-refractivity contribution in [3.8, 4) is 0 Å². The Morgan fingerprint density at radius 3 is 2.64 bits per heavy atom. The third-order valence-corrected chi connectivity index (χ3v) is 4.13. The quantitative estimate of drug-likeness (QED) is 0.492. The van der Waals surface area contributed by atoms with E-state index in [0.717, 1.165) is 4.57 Å². The maximum atomic E-state index is 12.5. The maximum Gasteiger partial charge on any atom is 0.289 e. The lowest BCUT2D eigenvalue weighted by molar-refractivity contribution is -0.0511. The lowest BCUT2D eigenvalue weighted by Crippen LogP contribution is -2.34. The Hall–Kier alpha value is -2.34. The van der Waals surface area contributed by atoms with Gasteiger partial charge in [-0.25, -0.2) is 9.55 Å². The van der Waals surface area contributed by atoms with Gasteiger partial charge in [-0.1, -0.05) is 13.8 Å². The minimum Gasteiger partial charge on any atom is -0.394 e. The van der Waals surface area contributed by atoms with Gasteiger partial charge in [-0.05, 0) is 0 Å². The fourth-order valence-electron chi connectivity index (χ4n) is 2.75. The average Bonchev–Trinajstić information content (AvgIpc) is 3.09. The van der Waals surface area contributed by atoms with Crippen LogP contribution < -0.4 is 11.3 Å². The van der Waals surface area contributed by atoms with E-state index >= 15 is 0 Å². The maximum absolute atomic E-state index is 12.5. The highest BCUT2D eigenvalue weighted by molar-refractivity contribution is 5.85. The van der Waals surface area contributed by atoms with Gasteiger partial charge in [0.1, 0.15) is 18.3 Å². The number of nitrogens with two attached hydrogens (primary N) is 1. The molecule has 1 fully saturated rings. The number of imidazole rings is 1. The first-order valence-electron chi connectivity index (χ1n) is 7.69. The molecule has 0 radical (unpaired) electrons. The number of aliphatic hydroxyl groups is 3. The Morgan fingerprint density at radius 1 is 1.40 bits per heavy atom. The summed E-state index contributed by atoms with van der Waals surface area (Å²) in [6.07, 6.45) is -3.58. The van der Waals surface area contributed by atoms with Gasteiger partial charge in [0.2, 0.25) is 11.9 Å². The largest absolute Gasteiger partial charge is 0.394 e. The van der Waals surface area contributed by atoms with Crippen molar-refractivity contribution < 1.29 is 24.9 Å². The molecule has 25 heavy (non-hydrogen) atoms. The molecule has 0 saturated carbocycles.